The molecular formula is C25H28N5O5P. The zero-order valence-electron chi connectivity index (χ0n) is 19.9. The Balaban J connectivity index is 2.10. The third-order valence-electron chi connectivity index (χ3n) is 4.82. The van der Waals surface area contributed by atoms with E-state index in [1.165, 1.54) is 26.0 Å². The summed E-state index contributed by atoms with van der Waals surface area (Å²) in [4.78, 5) is 23.5. The lowest BCUT2D eigenvalue weighted by Gasteiger charge is -2.29. The number of benzene rings is 3. The predicted molar refractivity (Wildman–Crippen MR) is 139 cm³/mol. The SMILES string of the molecule is CC(=O)Nc1ccccc1OP(=O)(Oc1ccccc1NC(C)=O)C(Cc1ccccc1)NC(=N)N. The number of nitrogens with two attached hydrogens (primary N) is 1. The Morgan fingerprint density at radius 3 is 1.72 bits per heavy atom. The standard InChI is InChI=1S/C25H28N5O5P/c1-17(31)28-20-12-6-8-14-22(20)34-36(33,35-23-15-9-7-13-21(23)29-18(2)32)24(30-25(26)27)16-19-10-4-3-5-11-19/h3-15,24H,16H2,1-2H3,(H,28,31)(H,29,32)(H4,26,27,30). The zero-order chi connectivity index (χ0) is 26.1. The van der Waals surface area contributed by atoms with Crippen molar-refractivity contribution in [2.45, 2.75) is 26.1 Å². The normalized spacial score (nSPS) is 11.6. The predicted octanol–water partition coefficient (Wildman–Crippen LogP) is 4.31. The van der Waals surface area contributed by atoms with Crippen molar-refractivity contribution in [2.75, 3.05) is 10.6 Å². The van der Waals surface area contributed by atoms with E-state index < -0.39 is 19.3 Å². The number of carbonyl (C=O) groups excluding carboxylic acids is 2. The second-order valence-electron chi connectivity index (χ2n) is 7.84. The van der Waals surface area contributed by atoms with Gasteiger partial charge < -0.3 is 30.7 Å². The van der Waals surface area contributed by atoms with Crippen LogP contribution in [0.1, 0.15) is 19.4 Å². The maximum Gasteiger partial charge on any atom is 0.453 e. The molecule has 0 bridgehead atoms. The van der Waals surface area contributed by atoms with E-state index in [2.05, 4.69) is 16.0 Å². The van der Waals surface area contributed by atoms with Gasteiger partial charge in [0.05, 0.1) is 11.4 Å². The van der Waals surface area contributed by atoms with Gasteiger partial charge in [0.15, 0.2) is 23.2 Å². The Hall–Kier alpha value is -4.30. The van der Waals surface area contributed by atoms with Crippen molar-refractivity contribution in [1.29, 1.82) is 5.41 Å². The molecular weight excluding hydrogens is 481 g/mol. The minimum Gasteiger partial charge on any atom is -0.412 e. The Bertz CT molecular complexity index is 1220. The fourth-order valence-electron chi connectivity index (χ4n) is 3.36. The van der Waals surface area contributed by atoms with Crippen LogP contribution in [0.2, 0.25) is 0 Å². The minimum absolute atomic E-state index is 0.0939. The van der Waals surface area contributed by atoms with E-state index in [1.807, 2.05) is 30.3 Å². The van der Waals surface area contributed by atoms with Gasteiger partial charge in [0.25, 0.3) is 0 Å². The first-order chi connectivity index (χ1) is 17.2. The maximum atomic E-state index is 14.6. The maximum absolute atomic E-state index is 14.6. The van der Waals surface area contributed by atoms with Crippen molar-refractivity contribution in [3.8, 4) is 11.5 Å². The van der Waals surface area contributed by atoms with Crippen LogP contribution in [0.3, 0.4) is 0 Å². The smallest absolute Gasteiger partial charge is 0.412 e. The summed E-state index contributed by atoms with van der Waals surface area (Å²) in [5.41, 5.74) is 7.00. The summed E-state index contributed by atoms with van der Waals surface area (Å²) in [5, 5.41) is 15.8. The van der Waals surface area contributed by atoms with Crippen LogP contribution in [-0.4, -0.2) is 23.6 Å². The molecule has 1 unspecified atom stereocenters. The second-order valence-corrected chi connectivity index (χ2v) is 9.91. The molecule has 0 saturated carbocycles. The van der Waals surface area contributed by atoms with Gasteiger partial charge >= 0.3 is 7.60 Å². The molecule has 0 aliphatic carbocycles. The Morgan fingerprint density at radius 2 is 1.28 bits per heavy atom. The van der Waals surface area contributed by atoms with Crippen molar-refractivity contribution in [1.82, 2.24) is 5.32 Å². The molecule has 3 aromatic carbocycles. The van der Waals surface area contributed by atoms with Gasteiger partial charge in [-0.25, -0.2) is 4.57 Å². The third kappa shape index (κ3) is 7.35. The molecule has 0 fully saturated rings. The highest BCUT2D eigenvalue weighted by Crippen LogP contribution is 2.55. The fraction of sp³-hybridized carbons (Fsp3) is 0.160. The topological polar surface area (TPSA) is 156 Å². The summed E-state index contributed by atoms with van der Waals surface area (Å²) in [6.45, 7) is 2.68. The largest absolute Gasteiger partial charge is 0.453 e. The van der Waals surface area contributed by atoms with Gasteiger partial charge in [-0.05, 0) is 29.8 Å². The summed E-state index contributed by atoms with van der Waals surface area (Å²) >= 11 is 0. The van der Waals surface area contributed by atoms with Gasteiger partial charge in [-0.1, -0.05) is 54.6 Å². The highest BCUT2D eigenvalue weighted by molar-refractivity contribution is 7.55. The number of hydrogen-bond acceptors (Lipinski definition) is 6. The first-order valence-electron chi connectivity index (χ1n) is 11.0. The van der Waals surface area contributed by atoms with Gasteiger partial charge in [-0.3, -0.25) is 15.0 Å². The Labute approximate surface area is 209 Å². The fourth-order valence-corrected chi connectivity index (χ4v) is 5.25. The number of amides is 2. The highest BCUT2D eigenvalue weighted by Gasteiger charge is 2.41. The number of carbonyl (C=O) groups is 2. The summed E-state index contributed by atoms with van der Waals surface area (Å²) in [6, 6.07) is 22.1. The third-order valence-corrected chi connectivity index (χ3v) is 6.80. The number of guanidine groups is 1. The van der Waals surface area contributed by atoms with Crippen LogP contribution >= 0.6 is 7.60 Å². The van der Waals surface area contributed by atoms with Gasteiger partial charge in [0, 0.05) is 20.3 Å². The molecule has 0 radical (unpaired) electrons. The van der Waals surface area contributed by atoms with Crippen molar-refractivity contribution in [2.24, 2.45) is 5.73 Å². The number of para-hydroxylation sites is 4. The summed E-state index contributed by atoms with van der Waals surface area (Å²) < 4.78 is 26.6. The number of hydrogen-bond donors (Lipinski definition) is 5. The molecule has 0 aromatic heterocycles. The van der Waals surface area contributed by atoms with Crippen LogP contribution < -0.4 is 30.7 Å². The van der Waals surface area contributed by atoms with E-state index in [9.17, 15) is 14.2 Å². The van der Waals surface area contributed by atoms with E-state index in [0.29, 0.717) is 0 Å². The lowest BCUT2D eigenvalue weighted by Crippen LogP contribution is -2.42. The summed E-state index contributed by atoms with van der Waals surface area (Å²) in [7, 11) is -4.27. The molecule has 0 aliphatic heterocycles. The van der Waals surface area contributed by atoms with Gasteiger partial charge in [0.2, 0.25) is 11.8 Å². The lowest BCUT2D eigenvalue weighted by atomic mass is 10.1. The molecule has 3 rings (SSSR count). The van der Waals surface area contributed by atoms with Crippen molar-refractivity contribution >= 4 is 36.7 Å². The van der Waals surface area contributed by atoms with Gasteiger partial charge in [0.1, 0.15) is 0 Å². The molecule has 11 heteroatoms. The molecule has 6 N–H and O–H groups in total. The number of rotatable bonds is 10. The van der Waals surface area contributed by atoms with E-state index in [-0.39, 0.29) is 41.1 Å². The molecule has 188 valence electrons. The molecule has 0 heterocycles. The summed E-state index contributed by atoms with van der Waals surface area (Å²) in [6.07, 6.45) is 0.127. The van der Waals surface area contributed by atoms with Crippen LogP contribution in [0.4, 0.5) is 11.4 Å². The van der Waals surface area contributed by atoms with E-state index in [4.69, 9.17) is 20.2 Å². The number of nitrogens with one attached hydrogen (secondary N) is 4. The minimum atomic E-state index is -4.27. The summed E-state index contributed by atoms with van der Waals surface area (Å²) in [5.74, 6) is -2.05. The van der Waals surface area contributed by atoms with Crippen LogP contribution in [0, 0.1) is 5.41 Å². The molecule has 0 saturated heterocycles. The van der Waals surface area contributed by atoms with Crippen molar-refractivity contribution in [3.63, 3.8) is 0 Å². The molecule has 1 atom stereocenters. The number of anilines is 2. The molecule has 10 nitrogen and oxygen atoms in total. The van der Waals surface area contributed by atoms with E-state index >= 15 is 0 Å². The average molecular weight is 510 g/mol. The lowest BCUT2D eigenvalue weighted by molar-refractivity contribution is -0.115. The van der Waals surface area contributed by atoms with Crippen molar-refractivity contribution < 1.29 is 23.2 Å². The molecule has 0 aliphatic rings. The molecule has 36 heavy (non-hydrogen) atoms. The molecule has 3 aromatic rings. The van der Waals surface area contributed by atoms with Crippen LogP contribution in [0.15, 0.2) is 78.9 Å². The molecule has 0 spiro atoms. The van der Waals surface area contributed by atoms with Crippen molar-refractivity contribution in [3.05, 3.63) is 84.4 Å². The van der Waals surface area contributed by atoms with E-state index in [0.717, 1.165) is 5.56 Å². The average Bonchev–Trinajstić information content (AvgIpc) is 2.81. The Morgan fingerprint density at radius 1 is 0.833 bits per heavy atom. The highest BCUT2D eigenvalue weighted by atomic mass is 31.2. The van der Waals surface area contributed by atoms with E-state index in [1.54, 1.807) is 36.4 Å². The monoisotopic (exact) mass is 509 g/mol. The van der Waals surface area contributed by atoms with Crippen LogP contribution in [0.5, 0.6) is 11.5 Å². The zero-order valence-corrected chi connectivity index (χ0v) is 20.8. The van der Waals surface area contributed by atoms with Crippen LogP contribution in [0.25, 0.3) is 0 Å². The van der Waals surface area contributed by atoms with Gasteiger partial charge in [-0.15, -0.1) is 0 Å². The van der Waals surface area contributed by atoms with Crippen LogP contribution in [-0.2, 0) is 20.6 Å². The quantitative estimate of drug-likeness (QED) is 0.155. The first kappa shape index (κ1) is 26.3. The molecule has 2 amide bonds. The van der Waals surface area contributed by atoms with Gasteiger partial charge in [-0.2, -0.15) is 0 Å². The second kappa shape index (κ2) is 11.9. The first-order valence-corrected chi connectivity index (χ1v) is 12.6. The Kier molecular flexibility index (Phi) is 8.70.